The second-order valence-electron chi connectivity index (χ2n) is 6.25. The van der Waals surface area contributed by atoms with E-state index in [2.05, 4.69) is 4.72 Å². The number of nitrogens with one attached hydrogen (secondary N) is 1. The smallest absolute Gasteiger partial charge is 0.240 e. The van der Waals surface area contributed by atoms with Crippen LogP contribution in [0.15, 0.2) is 77.7 Å². The van der Waals surface area contributed by atoms with Crippen LogP contribution in [-0.4, -0.2) is 34.0 Å². The predicted octanol–water partition coefficient (Wildman–Crippen LogP) is 3.42. The third-order valence-corrected chi connectivity index (χ3v) is 5.73. The van der Waals surface area contributed by atoms with E-state index in [9.17, 15) is 8.42 Å². The van der Waals surface area contributed by atoms with Crippen LogP contribution in [0, 0.1) is 0 Å². The van der Waals surface area contributed by atoms with E-state index in [1.165, 1.54) is 0 Å². The molecule has 0 radical (unpaired) electrons. The summed E-state index contributed by atoms with van der Waals surface area (Å²) < 4.78 is 28.2. The molecule has 0 amide bonds. The van der Waals surface area contributed by atoms with Gasteiger partial charge in [0.2, 0.25) is 10.0 Å². The Morgan fingerprint density at radius 1 is 0.880 bits per heavy atom. The fourth-order valence-electron chi connectivity index (χ4n) is 2.88. The van der Waals surface area contributed by atoms with Gasteiger partial charge in [-0.2, -0.15) is 0 Å². The lowest BCUT2D eigenvalue weighted by Crippen LogP contribution is -2.34. The van der Waals surface area contributed by atoms with Crippen LogP contribution in [0.1, 0.15) is 11.6 Å². The molecule has 3 aromatic rings. The van der Waals surface area contributed by atoms with Gasteiger partial charge in [-0.15, -0.1) is 0 Å². The quantitative estimate of drug-likeness (QED) is 0.738. The number of rotatable bonds is 6. The van der Waals surface area contributed by atoms with Crippen LogP contribution in [0.2, 0.25) is 0 Å². The Kier molecular flexibility index (Phi) is 5.18. The minimum atomic E-state index is -3.56. The van der Waals surface area contributed by atoms with Gasteiger partial charge >= 0.3 is 0 Å². The van der Waals surface area contributed by atoms with Crippen molar-refractivity contribution in [1.29, 1.82) is 0 Å². The minimum Gasteiger partial charge on any atom is -0.301 e. The van der Waals surface area contributed by atoms with Gasteiger partial charge in [0.25, 0.3) is 0 Å². The topological polar surface area (TPSA) is 49.4 Å². The second-order valence-corrected chi connectivity index (χ2v) is 8.02. The highest BCUT2D eigenvalue weighted by Crippen LogP contribution is 2.21. The molecule has 25 heavy (non-hydrogen) atoms. The Bertz CT molecular complexity index is 954. The molecule has 0 aliphatic carbocycles. The van der Waals surface area contributed by atoms with Gasteiger partial charge in [0.15, 0.2) is 0 Å². The molecule has 0 aromatic heterocycles. The van der Waals surface area contributed by atoms with E-state index in [4.69, 9.17) is 0 Å². The van der Waals surface area contributed by atoms with Gasteiger partial charge in [-0.05, 0) is 42.6 Å². The fourth-order valence-corrected chi connectivity index (χ4v) is 3.95. The number of nitrogens with zero attached hydrogens (tertiary/aromatic N) is 1. The van der Waals surface area contributed by atoms with Crippen molar-refractivity contribution in [2.45, 2.75) is 10.9 Å². The molecule has 0 heterocycles. The molecule has 3 aromatic carbocycles. The van der Waals surface area contributed by atoms with E-state index >= 15 is 0 Å². The Hall–Kier alpha value is -2.21. The van der Waals surface area contributed by atoms with E-state index in [0.717, 1.165) is 16.3 Å². The lowest BCUT2D eigenvalue weighted by Gasteiger charge is -2.25. The molecule has 0 aliphatic heterocycles. The monoisotopic (exact) mass is 354 g/mol. The van der Waals surface area contributed by atoms with E-state index in [0.29, 0.717) is 6.54 Å². The maximum absolute atomic E-state index is 12.7. The summed E-state index contributed by atoms with van der Waals surface area (Å²) in [5, 5.41) is 1.94. The van der Waals surface area contributed by atoms with Gasteiger partial charge in [-0.3, -0.25) is 0 Å². The summed E-state index contributed by atoms with van der Waals surface area (Å²) in [6, 6.07) is 22.8. The van der Waals surface area contributed by atoms with Gasteiger partial charge in [-0.1, -0.05) is 60.7 Å². The molecule has 0 aliphatic rings. The lowest BCUT2D eigenvalue weighted by molar-refractivity contribution is 0.299. The van der Waals surface area contributed by atoms with Gasteiger partial charge in [0.1, 0.15) is 0 Å². The largest absolute Gasteiger partial charge is 0.301 e. The van der Waals surface area contributed by atoms with Gasteiger partial charge in [-0.25, -0.2) is 13.1 Å². The first kappa shape index (κ1) is 17.6. The first-order valence-electron chi connectivity index (χ1n) is 8.17. The highest BCUT2D eigenvalue weighted by Gasteiger charge is 2.19. The maximum Gasteiger partial charge on any atom is 0.240 e. The van der Waals surface area contributed by atoms with Crippen LogP contribution in [0.25, 0.3) is 10.8 Å². The van der Waals surface area contributed by atoms with Crippen molar-refractivity contribution in [3.8, 4) is 0 Å². The van der Waals surface area contributed by atoms with Crippen molar-refractivity contribution >= 4 is 20.8 Å². The third kappa shape index (κ3) is 4.07. The van der Waals surface area contributed by atoms with Crippen molar-refractivity contribution in [2.24, 2.45) is 0 Å². The zero-order valence-corrected chi connectivity index (χ0v) is 15.2. The summed E-state index contributed by atoms with van der Waals surface area (Å²) in [5.74, 6) is 0. The molecular weight excluding hydrogens is 332 g/mol. The van der Waals surface area contributed by atoms with Gasteiger partial charge < -0.3 is 4.90 Å². The van der Waals surface area contributed by atoms with Gasteiger partial charge in [0.05, 0.1) is 4.90 Å². The molecule has 0 fully saturated rings. The standard InChI is InChI=1S/C20H22N2O2S/c1-22(2)20(17-9-4-3-5-10-17)15-21-25(23,24)19-13-12-16-8-6-7-11-18(16)14-19/h3-14,20-21H,15H2,1-2H3/t20-/m1/s1. The van der Waals surface area contributed by atoms with Crippen LogP contribution < -0.4 is 4.72 Å². The number of fused-ring (bicyclic) bond motifs is 1. The molecule has 4 nitrogen and oxygen atoms in total. The van der Waals surface area contributed by atoms with E-state index < -0.39 is 10.0 Å². The SMILES string of the molecule is CN(C)[C@H](CNS(=O)(=O)c1ccc2ccccc2c1)c1ccccc1. The summed E-state index contributed by atoms with van der Waals surface area (Å²) in [5.41, 5.74) is 1.08. The molecule has 1 atom stereocenters. The molecule has 0 unspecified atom stereocenters. The summed E-state index contributed by atoms with van der Waals surface area (Å²) in [7, 11) is 0.328. The molecule has 0 bridgehead atoms. The van der Waals surface area contributed by atoms with E-state index in [-0.39, 0.29) is 10.9 Å². The van der Waals surface area contributed by atoms with Crippen LogP contribution in [0.4, 0.5) is 0 Å². The summed E-state index contributed by atoms with van der Waals surface area (Å²) in [6.07, 6.45) is 0. The maximum atomic E-state index is 12.7. The number of hydrogen-bond acceptors (Lipinski definition) is 3. The normalized spacial score (nSPS) is 13.2. The average molecular weight is 354 g/mol. The Morgan fingerprint density at radius 2 is 1.52 bits per heavy atom. The Morgan fingerprint density at radius 3 is 2.20 bits per heavy atom. The van der Waals surface area contributed by atoms with Crippen molar-refractivity contribution in [2.75, 3.05) is 20.6 Å². The Labute approximate surface area is 149 Å². The molecule has 3 rings (SSSR count). The molecule has 1 N–H and O–H groups in total. The first-order valence-corrected chi connectivity index (χ1v) is 9.65. The van der Waals surface area contributed by atoms with Crippen molar-refractivity contribution in [1.82, 2.24) is 9.62 Å². The summed E-state index contributed by atoms with van der Waals surface area (Å²) >= 11 is 0. The second kappa shape index (κ2) is 7.35. The van der Waals surface area contributed by atoms with E-state index in [1.54, 1.807) is 12.1 Å². The van der Waals surface area contributed by atoms with Crippen LogP contribution in [0.3, 0.4) is 0 Å². The molecule has 0 spiro atoms. The number of sulfonamides is 1. The highest BCUT2D eigenvalue weighted by atomic mass is 32.2. The summed E-state index contributed by atoms with van der Waals surface area (Å²) in [6.45, 7) is 0.312. The number of hydrogen-bond donors (Lipinski definition) is 1. The minimum absolute atomic E-state index is 0.0311. The molecule has 130 valence electrons. The van der Waals surface area contributed by atoms with Crippen LogP contribution >= 0.6 is 0 Å². The average Bonchev–Trinajstić information content (AvgIpc) is 2.62. The van der Waals surface area contributed by atoms with Crippen LogP contribution in [-0.2, 0) is 10.0 Å². The predicted molar refractivity (Wildman–Crippen MR) is 102 cm³/mol. The molecular formula is C20H22N2O2S. The van der Waals surface area contributed by atoms with Crippen LogP contribution in [0.5, 0.6) is 0 Å². The first-order chi connectivity index (χ1) is 12.0. The zero-order chi connectivity index (χ0) is 17.9. The fraction of sp³-hybridized carbons (Fsp3) is 0.200. The van der Waals surface area contributed by atoms with Crippen molar-refractivity contribution in [3.63, 3.8) is 0 Å². The zero-order valence-electron chi connectivity index (χ0n) is 14.4. The Balaban J connectivity index is 1.82. The molecule has 5 heteroatoms. The van der Waals surface area contributed by atoms with Gasteiger partial charge in [0, 0.05) is 12.6 Å². The highest BCUT2D eigenvalue weighted by molar-refractivity contribution is 7.89. The van der Waals surface area contributed by atoms with Crippen molar-refractivity contribution in [3.05, 3.63) is 78.4 Å². The number of likely N-dealkylation sites (N-methyl/N-ethyl adjacent to an activating group) is 1. The summed E-state index contributed by atoms with van der Waals surface area (Å²) in [4.78, 5) is 2.30. The lowest BCUT2D eigenvalue weighted by atomic mass is 10.1. The molecule has 0 saturated carbocycles. The van der Waals surface area contributed by atoms with E-state index in [1.807, 2.05) is 79.7 Å². The third-order valence-electron chi connectivity index (χ3n) is 4.31. The number of benzene rings is 3. The molecule has 0 saturated heterocycles. The van der Waals surface area contributed by atoms with Crippen molar-refractivity contribution < 1.29 is 8.42 Å².